The van der Waals surface area contributed by atoms with Gasteiger partial charge in [0.15, 0.2) is 0 Å². The molecule has 5 nitrogen and oxygen atoms in total. The van der Waals surface area contributed by atoms with Gasteiger partial charge in [0.2, 0.25) is 11.8 Å². The monoisotopic (exact) mass is 253 g/mol. The van der Waals surface area contributed by atoms with Crippen LogP contribution in [0.1, 0.15) is 38.5 Å². The Morgan fingerprint density at radius 1 is 1.22 bits per heavy atom. The Labute approximate surface area is 108 Å². The Hall–Kier alpha value is -1.10. The van der Waals surface area contributed by atoms with E-state index in [0.717, 1.165) is 38.6 Å². The van der Waals surface area contributed by atoms with Crippen molar-refractivity contribution < 1.29 is 9.59 Å². The van der Waals surface area contributed by atoms with Gasteiger partial charge in [0.25, 0.3) is 0 Å². The maximum atomic E-state index is 12.2. The van der Waals surface area contributed by atoms with E-state index in [1.54, 1.807) is 11.9 Å². The lowest BCUT2D eigenvalue weighted by Crippen LogP contribution is -2.48. The van der Waals surface area contributed by atoms with Crippen LogP contribution in [0, 0.1) is 0 Å². The van der Waals surface area contributed by atoms with Crippen LogP contribution in [0.4, 0.5) is 0 Å². The molecule has 2 amide bonds. The van der Waals surface area contributed by atoms with Crippen molar-refractivity contribution in [1.29, 1.82) is 0 Å². The Morgan fingerprint density at radius 2 is 2.00 bits per heavy atom. The van der Waals surface area contributed by atoms with Crippen molar-refractivity contribution in [2.45, 2.75) is 50.6 Å². The van der Waals surface area contributed by atoms with E-state index in [0.29, 0.717) is 6.04 Å². The van der Waals surface area contributed by atoms with E-state index in [2.05, 4.69) is 10.6 Å². The molecule has 0 aromatic carbocycles. The summed E-state index contributed by atoms with van der Waals surface area (Å²) in [5, 5.41) is 6.17. The number of carbonyl (C=O) groups is 2. The first-order valence-electron chi connectivity index (χ1n) is 6.94. The van der Waals surface area contributed by atoms with E-state index in [9.17, 15) is 9.59 Å². The molecule has 0 bridgehead atoms. The van der Waals surface area contributed by atoms with Crippen LogP contribution in [0.5, 0.6) is 0 Å². The van der Waals surface area contributed by atoms with Gasteiger partial charge in [0.05, 0.1) is 12.6 Å². The number of likely N-dealkylation sites (N-methyl/N-ethyl adjacent to an activating group) is 1. The Kier molecular flexibility index (Phi) is 4.58. The molecule has 1 saturated carbocycles. The van der Waals surface area contributed by atoms with Crippen LogP contribution < -0.4 is 10.6 Å². The summed E-state index contributed by atoms with van der Waals surface area (Å²) in [7, 11) is 1.71. The van der Waals surface area contributed by atoms with E-state index in [1.807, 2.05) is 0 Å². The first-order valence-corrected chi connectivity index (χ1v) is 6.94. The summed E-state index contributed by atoms with van der Waals surface area (Å²) < 4.78 is 0. The zero-order chi connectivity index (χ0) is 13.0. The lowest BCUT2D eigenvalue weighted by molar-refractivity contribution is -0.136. The van der Waals surface area contributed by atoms with Crippen LogP contribution in [-0.4, -0.2) is 48.9 Å². The Bertz CT molecular complexity index is 307. The minimum Gasteiger partial charge on any atom is -0.352 e. The average Bonchev–Trinajstić information content (AvgIpc) is 3.13. The van der Waals surface area contributed by atoms with Crippen molar-refractivity contribution in [3.05, 3.63) is 0 Å². The SMILES string of the molecule is CN(CC(=O)NC1CC1)C(=O)C1CCCCCN1. The van der Waals surface area contributed by atoms with Crippen LogP contribution >= 0.6 is 0 Å². The second-order valence-corrected chi connectivity index (χ2v) is 5.39. The molecular weight excluding hydrogens is 230 g/mol. The molecule has 1 unspecified atom stereocenters. The largest absolute Gasteiger partial charge is 0.352 e. The molecule has 2 rings (SSSR count). The average molecular weight is 253 g/mol. The summed E-state index contributed by atoms with van der Waals surface area (Å²) in [4.78, 5) is 25.3. The van der Waals surface area contributed by atoms with Gasteiger partial charge in [0.1, 0.15) is 0 Å². The zero-order valence-corrected chi connectivity index (χ0v) is 11.1. The third-order valence-corrected chi connectivity index (χ3v) is 3.56. The molecule has 18 heavy (non-hydrogen) atoms. The van der Waals surface area contributed by atoms with Crippen molar-refractivity contribution >= 4 is 11.8 Å². The minimum absolute atomic E-state index is 0.0398. The second-order valence-electron chi connectivity index (χ2n) is 5.39. The van der Waals surface area contributed by atoms with Crippen molar-refractivity contribution in [1.82, 2.24) is 15.5 Å². The highest BCUT2D eigenvalue weighted by Crippen LogP contribution is 2.18. The molecule has 102 valence electrons. The topological polar surface area (TPSA) is 61.4 Å². The molecule has 1 heterocycles. The first kappa shape index (κ1) is 13.3. The van der Waals surface area contributed by atoms with E-state index < -0.39 is 0 Å². The van der Waals surface area contributed by atoms with Crippen molar-refractivity contribution in [3.63, 3.8) is 0 Å². The fourth-order valence-corrected chi connectivity index (χ4v) is 2.30. The molecule has 0 aromatic rings. The lowest BCUT2D eigenvalue weighted by atomic mass is 10.1. The molecule has 2 aliphatic rings. The van der Waals surface area contributed by atoms with E-state index in [4.69, 9.17) is 0 Å². The van der Waals surface area contributed by atoms with Gasteiger partial charge in [-0.15, -0.1) is 0 Å². The molecule has 1 saturated heterocycles. The van der Waals surface area contributed by atoms with Gasteiger partial charge >= 0.3 is 0 Å². The van der Waals surface area contributed by atoms with Gasteiger partial charge in [-0.2, -0.15) is 0 Å². The Balaban J connectivity index is 1.76. The van der Waals surface area contributed by atoms with Gasteiger partial charge < -0.3 is 15.5 Å². The quantitative estimate of drug-likeness (QED) is 0.755. The molecule has 1 aliphatic carbocycles. The number of amides is 2. The third-order valence-electron chi connectivity index (χ3n) is 3.56. The van der Waals surface area contributed by atoms with Crippen LogP contribution in [-0.2, 0) is 9.59 Å². The van der Waals surface area contributed by atoms with Crippen LogP contribution in [0.25, 0.3) is 0 Å². The Morgan fingerprint density at radius 3 is 2.72 bits per heavy atom. The van der Waals surface area contributed by atoms with Crippen LogP contribution in [0.2, 0.25) is 0 Å². The normalized spacial score (nSPS) is 24.2. The van der Waals surface area contributed by atoms with E-state index in [1.165, 1.54) is 6.42 Å². The van der Waals surface area contributed by atoms with Gasteiger partial charge in [-0.3, -0.25) is 9.59 Å². The van der Waals surface area contributed by atoms with Crippen LogP contribution in [0.3, 0.4) is 0 Å². The summed E-state index contributed by atoms with van der Waals surface area (Å²) in [6.45, 7) is 1.08. The summed E-state index contributed by atoms with van der Waals surface area (Å²) in [6, 6.07) is 0.253. The van der Waals surface area contributed by atoms with E-state index >= 15 is 0 Å². The molecular formula is C13H23N3O2. The minimum atomic E-state index is -0.105. The molecule has 2 N–H and O–H groups in total. The fourth-order valence-electron chi connectivity index (χ4n) is 2.30. The summed E-state index contributed by atoms with van der Waals surface area (Å²) in [5.74, 6) is 0.00446. The number of nitrogens with one attached hydrogen (secondary N) is 2. The maximum absolute atomic E-state index is 12.2. The molecule has 0 spiro atoms. The highest BCUT2D eigenvalue weighted by Gasteiger charge is 2.26. The predicted octanol–water partition coefficient (Wildman–Crippen LogP) is 0.256. The van der Waals surface area contributed by atoms with Gasteiger partial charge in [0, 0.05) is 13.1 Å². The summed E-state index contributed by atoms with van der Waals surface area (Å²) in [5.41, 5.74) is 0. The molecule has 1 aliphatic heterocycles. The van der Waals surface area contributed by atoms with E-state index in [-0.39, 0.29) is 24.4 Å². The highest BCUT2D eigenvalue weighted by molar-refractivity contribution is 5.87. The smallest absolute Gasteiger partial charge is 0.239 e. The maximum Gasteiger partial charge on any atom is 0.239 e. The number of rotatable bonds is 4. The van der Waals surface area contributed by atoms with Gasteiger partial charge in [-0.25, -0.2) is 0 Å². The van der Waals surface area contributed by atoms with Gasteiger partial charge in [-0.05, 0) is 32.2 Å². The summed E-state index contributed by atoms with van der Waals surface area (Å²) in [6.07, 6.45) is 6.44. The highest BCUT2D eigenvalue weighted by atomic mass is 16.2. The lowest BCUT2D eigenvalue weighted by Gasteiger charge is -2.23. The predicted molar refractivity (Wildman–Crippen MR) is 69.1 cm³/mol. The molecule has 5 heteroatoms. The molecule has 1 atom stereocenters. The standard InChI is InChI=1S/C13H23N3O2/c1-16(9-12(17)15-10-6-7-10)13(18)11-5-3-2-4-8-14-11/h10-11,14H,2-9H2,1H3,(H,15,17). The first-order chi connectivity index (χ1) is 8.66. The number of nitrogens with zero attached hydrogens (tertiary/aromatic N) is 1. The van der Waals surface area contributed by atoms with Gasteiger partial charge in [-0.1, -0.05) is 12.8 Å². The fraction of sp³-hybridized carbons (Fsp3) is 0.846. The van der Waals surface area contributed by atoms with Crippen molar-refractivity contribution in [2.24, 2.45) is 0 Å². The third kappa shape index (κ3) is 3.98. The second kappa shape index (κ2) is 6.18. The molecule has 0 aromatic heterocycles. The number of carbonyl (C=O) groups excluding carboxylic acids is 2. The zero-order valence-electron chi connectivity index (χ0n) is 11.1. The number of hydrogen-bond donors (Lipinski definition) is 2. The molecule has 2 fully saturated rings. The summed E-state index contributed by atoms with van der Waals surface area (Å²) >= 11 is 0. The van der Waals surface area contributed by atoms with Crippen molar-refractivity contribution in [2.75, 3.05) is 20.1 Å². The van der Waals surface area contributed by atoms with Crippen LogP contribution in [0.15, 0.2) is 0 Å². The molecule has 0 radical (unpaired) electrons. The van der Waals surface area contributed by atoms with Crippen molar-refractivity contribution in [3.8, 4) is 0 Å². The number of hydrogen-bond acceptors (Lipinski definition) is 3.